The van der Waals surface area contributed by atoms with Crippen molar-refractivity contribution in [2.45, 2.75) is 40.4 Å². The van der Waals surface area contributed by atoms with Gasteiger partial charge in [-0.1, -0.05) is 147 Å². The van der Waals surface area contributed by atoms with Gasteiger partial charge in [0.2, 0.25) is 0 Å². The number of rotatable bonds is 10. The average molecular weight is 846 g/mol. The molecule has 0 aliphatic heterocycles. The Labute approximate surface area is 388 Å². The molecule has 65 heavy (non-hydrogen) atoms. The summed E-state index contributed by atoms with van der Waals surface area (Å²) in [6, 6.07) is 63.5. The Morgan fingerprint density at radius 2 is 1.17 bits per heavy atom. The van der Waals surface area contributed by atoms with Gasteiger partial charge in [-0.15, -0.1) is 0 Å². The van der Waals surface area contributed by atoms with E-state index in [0.717, 1.165) is 100 Å². The molecule has 2 aromatic heterocycles. The van der Waals surface area contributed by atoms with E-state index in [0.29, 0.717) is 17.1 Å². The second kappa shape index (κ2) is 17.4. The number of imidazole rings is 1. The molecule has 316 valence electrons. The number of pyridine rings is 1. The molecule has 0 saturated heterocycles. The van der Waals surface area contributed by atoms with Crippen LogP contribution in [-0.4, -0.2) is 21.6 Å². The van der Waals surface area contributed by atoms with Crippen molar-refractivity contribution in [3.63, 3.8) is 0 Å². The topological polar surface area (TPSA) is 39.9 Å². The number of hydrogen-bond donors (Lipinski definition) is 0. The van der Waals surface area contributed by atoms with E-state index in [1.54, 1.807) is 7.11 Å². The van der Waals surface area contributed by atoms with Gasteiger partial charge in [0.1, 0.15) is 11.6 Å². The predicted molar refractivity (Wildman–Crippen MR) is 272 cm³/mol. The number of aromatic nitrogens is 3. The van der Waals surface area contributed by atoms with Gasteiger partial charge in [0.25, 0.3) is 0 Å². The smallest absolute Gasteiger partial charge is 0.149 e. The van der Waals surface area contributed by atoms with Gasteiger partial charge in [-0.05, 0) is 148 Å². The van der Waals surface area contributed by atoms with Gasteiger partial charge in [-0.25, -0.2) is 4.98 Å². The number of aryl methyl sites for hydroxylation is 3. The summed E-state index contributed by atoms with van der Waals surface area (Å²) in [4.78, 5) is 10.6. The number of para-hydroxylation sites is 1. The van der Waals surface area contributed by atoms with Crippen molar-refractivity contribution >= 4 is 11.0 Å². The molecule has 0 aliphatic carbocycles. The lowest BCUT2D eigenvalue weighted by atomic mass is 9.93. The number of benzene rings is 8. The van der Waals surface area contributed by atoms with E-state index < -0.39 is 12.7 Å². The molecule has 0 radical (unpaired) electrons. The van der Waals surface area contributed by atoms with Crippen molar-refractivity contribution in [1.82, 2.24) is 14.5 Å². The normalized spacial score (nSPS) is 12.6. The second-order valence-electron chi connectivity index (χ2n) is 16.9. The third-order valence-electron chi connectivity index (χ3n) is 12.3. The zero-order chi connectivity index (χ0) is 48.0. The van der Waals surface area contributed by atoms with Crippen molar-refractivity contribution in [2.75, 3.05) is 7.11 Å². The highest BCUT2D eigenvalue weighted by Crippen LogP contribution is 2.44. The molecule has 0 atom stereocenters. The Bertz CT molecular complexity index is 3500. The molecule has 0 fully saturated rings. The third kappa shape index (κ3) is 7.93. The van der Waals surface area contributed by atoms with Crippen LogP contribution in [0, 0.1) is 20.7 Å². The highest BCUT2D eigenvalue weighted by atomic mass is 16.5. The Hall–Kier alpha value is -7.82. The molecular weight excluding hydrogens is 791 g/mol. The minimum atomic E-state index is -2.41. The van der Waals surface area contributed by atoms with Crippen LogP contribution in [-0.2, 0) is 0 Å². The first-order chi connectivity index (χ1) is 33.2. The molecule has 0 spiro atoms. The van der Waals surface area contributed by atoms with Crippen LogP contribution in [0.2, 0.25) is 0 Å². The van der Waals surface area contributed by atoms with Crippen molar-refractivity contribution in [2.24, 2.45) is 0 Å². The van der Waals surface area contributed by atoms with E-state index in [4.69, 9.17) is 20.2 Å². The molecule has 0 bridgehead atoms. The van der Waals surface area contributed by atoms with Gasteiger partial charge >= 0.3 is 0 Å². The van der Waals surface area contributed by atoms with Crippen LogP contribution in [0.25, 0.3) is 95.0 Å². The van der Waals surface area contributed by atoms with Crippen molar-refractivity contribution in [1.29, 1.82) is 0 Å². The summed E-state index contributed by atoms with van der Waals surface area (Å²) >= 11 is 0. The maximum Gasteiger partial charge on any atom is 0.149 e. The Morgan fingerprint density at radius 1 is 0.523 bits per heavy atom. The average Bonchev–Trinajstić information content (AvgIpc) is 3.76. The van der Waals surface area contributed by atoms with Gasteiger partial charge in [-0.2, -0.15) is 0 Å². The Kier molecular flexibility index (Phi) is 9.80. The minimum absolute atomic E-state index is 0.267. The summed E-state index contributed by atoms with van der Waals surface area (Å²) in [5.41, 5.74) is 17.3. The van der Waals surface area contributed by atoms with Gasteiger partial charge < -0.3 is 4.74 Å². The molecule has 4 heteroatoms. The van der Waals surface area contributed by atoms with Crippen LogP contribution in [0.3, 0.4) is 0 Å². The lowest BCUT2D eigenvalue weighted by molar-refractivity contribution is 0.413. The largest absolute Gasteiger partial charge is 0.496 e. The van der Waals surface area contributed by atoms with Crippen LogP contribution >= 0.6 is 0 Å². The number of nitrogens with zero attached hydrogens (tertiary/aromatic N) is 3. The number of fused-ring (bicyclic) bond motifs is 1. The SMILES string of the molecule is [2H]C([2H])([2H])c1cc(-c2ccccc2)c(-n2c(-c3cc(C)cc(C)c3OC)nc3c(-c4cc(-c5ccccc5)cc(-c5cc(-c6ccc(C([2H])(C)C)cc6)ccn5)c4)cccc32)cc1-c1ccccc1. The molecule has 10 aromatic rings. The third-order valence-corrected chi connectivity index (χ3v) is 12.3. The zero-order valence-corrected chi connectivity index (χ0v) is 37.2. The van der Waals surface area contributed by atoms with E-state index in [9.17, 15) is 0 Å². The maximum absolute atomic E-state index is 8.83. The van der Waals surface area contributed by atoms with E-state index in [2.05, 4.69) is 109 Å². The Morgan fingerprint density at radius 3 is 1.85 bits per heavy atom. The van der Waals surface area contributed by atoms with Gasteiger partial charge in [0.05, 0.1) is 35.1 Å². The molecule has 0 aliphatic rings. The number of hydrogen-bond acceptors (Lipinski definition) is 3. The van der Waals surface area contributed by atoms with Gasteiger partial charge in [-0.3, -0.25) is 9.55 Å². The van der Waals surface area contributed by atoms with Gasteiger partial charge in [0, 0.05) is 28.4 Å². The summed E-state index contributed by atoms with van der Waals surface area (Å²) in [5, 5.41) is 0. The molecule has 0 unspecified atom stereocenters. The highest BCUT2D eigenvalue weighted by Gasteiger charge is 2.25. The van der Waals surface area contributed by atoms with Crippen LogP contribution in [0.4, 0.5) is 0 Å². The summed E-state index contributed by atoms with van der Waals surface area (Å²) in [6.07, 6.45) is 1.86. The first-order valence-electron chi connectivity index (χ1n) is 24.0. The van der Waals surface area contributed by atoms with Gasteiger partial charge in [0.15, 0.2) is 0 Å². The zero-order valence-electron chi connectivity index (χ0n) is 41.2. The lowest BCUT2D eigenvalue weighted by Gasteiger charge is -2.20. The first kappa shape index (κ1) is 36.6. The van der Waals surface area contributed by atoms with Crippen LogP contribution in [0.5, 0.6) is 5.75 Å². The van der Waals surface area contributed by atoms with E-state index in [1.165, 1.54) is 0 Å². The molecule has 4 nitrogen and oxygen atoms in total. The summed E-state index contributed by atoms with van der Waals surface area (Å²) < 4.78 is 43.4. The quantitative estimate of drug-likeness (QED) is 0.138. The van der Waals surface area contributed by atoms with Crippen LogP contribution in [0.1, 0.15) is 47.5 Å². The number of ether oxygens (including phenoxy) is 1. The predicted octanol–water partition coefficient (Wildman–Crippen LogP) is 16.1. The summed E-state index contributed by atoms with van der Waals surface area (Å²) in [7, 11) is 1.70. The highest BCUT2D eigenvalue weighted by molar-refractivity contribution is 5.99. The molecule has 2 heterocycles. The molecule has 0 N–H and O–H groups in total. The fraction of sp³-hybridized carbons (Fsp3) is 0.115. The molecule has 0 saturated carbocycles. The molecule has 8 aromatic carbocycles. The molecule has 10 rings (SSSR count). The van der Waals surface area contributed by atoms with Crippen molar-refractivity contribution < 1.29 is 10.2 Å². The van der Waals surface area contributed by atoms with Crippen molar-refractivity contribution in [3.05, 3.63) is 217 Å². The van der Waals surface area contributed by atoms with E-state index in [1.807, 2.05) is 117 Å². The van der Waals surface area contributed by atoms with Crippen LogP contribution in [0.15, 0.2) is 194 Å². The standard InChI is InChI=1S/C61H51N3O/c1-39(2)43-25-27-45(28-26-43)48-29-30-62-56(37-48)51-35-49(44-17-10-7-11-18-44)34-50(36-51)52-23-16-24-57-59(52)63-61(55-32-40(3)31-42(5)60(55)65-6)64(57)58-38-53(46-19-12-8-13-20-46)41(4)33-54(58)47-21-14-9-15-22-47/h7-39H,1-6H3/i4D3,39D. The Balaban J connectivity index is 1.26. The molecule has 0 amide bonds. The van der Waals surface area contributed by atoms with Crippen LogP contribution < -0.4 is 4.74 Å². The monoisotopic (exact) mass is 845 g/mol. The fourth-order valence-corrected chi connectivity index (χ4v) is 9.12. The number of methoxy groups -OCH3 is 1. The van der Waals surface area contributed by atoms with E-state index in [-0.39, 0.29) is 5.56 Å². The van der Waals surface area contributed by atoms with Crippen molar-refractivity contribution in [3.8, 4) is 89.7 Å². The maximum atomic E-state index is 8.83. The molecular formula is C61H51N3O. The first-order valence-corrected chi connectivity index (χ1v) is 22.0. The summed E-state index contributed by atoms with van der Waals surface area (Å²) in [5.74, 6) is 0.674. The fourth-order valence-electron chi connectivity index (χ4n) is 9.12. The lowest BCUT2D eigenvalue weighted by Crippen LogP contribution is -2.04. The summed E-state index contributed by atoms with van der Waals surface area (Å²) in [6.45, 7) is 5.53. The van der Waals surface area contributed by atoms with E-state index >= 15 is 0 Å². The minimum Gasteiger partial charge on any atom is -0.496 e. The second-order valence-corrected chi connectivity index (χ2v) is 16.9.